The van der Waals surface area contributed by atoms with Gasteiger partial charge in [-0.3, -0.25) is 9.67 Å². The lowest BCUT2D eigenvalue weighted by atomic mass is 9.93. The monoisotopic (exact) mass is 726 g/mol. The molecule has 15 heteroatoms. The van der Waals surface area contributed by atoms with Crippen molar-refractivity contribution in [1.29, 1.82) is 0 Å². The Hall–Kier alpha value is -4.86. The molecular formula is C36H32F6N6O2S. The van der Waals surface area contributed by atoms with Gasteiger partial charge in [-0.05, 0) is 111 Å². The van der Waals surface area contributed by atoms with Crippen LogP contribution >= 0.6 is 11.9 Å². The molecule has 0 bridgehead atoms. The zero-order valence-electron chi connectivity index (χ0n) is 27.6. The highest BCUT2D eigenvalue weighted by molar-refractivity contribution is 8.00. The Morgan fingerprint density at radius 3 is 2.14 bits per heavy atom. The minimum Gasteiger partial charge on any atom is -0.386 e. The van der Waals surface area contributed by atoms with Crippen LogP contribution < -0.4 is 10.0 Å². The topological polar surface area (TPSA) is 108 Å². The standard InChI is InChI=1S/C36H32F6N6O2S/c1-20-5-6-24(15-29(20)33(3,4)49)47-51-25-9-7-23(8-10-25)46-31-16-27-22(17-44-31)13-14-43-32(27)26-11-12-30-28(21(26)2)18-45-48(30)19-34(50,35(37,38)39)36(40,41)42/h5-18,47,49-50H,19H2,1-4H3,(H,44,46). The molecule has 3 heterocycles. The number of nitrogens with zero attached hydrogens (tertiary/aromatic N) is 4. The molecule has 51 heavy (non-hydrogen) atoms. The number of hydrogen-bond acceptors (Lipinski definition) is 8. The van der Waals surface area contributed by atoms with E-state index in [-0.39, 0.29) is 5.52 Å². The van der Waals surface area contributed by atoms with Gasteiger partial charge in [0.15, 0.2) is 0 Å². The van der Waals surface area contributed by atoms with Crippen molar-refractivity contribution in [3.8, 4) is 11.3 Å². The molecule has 8 nitrogen and oxygen atoms in total. The van der Waals surface area contributed by atoms with Crippen LogP contribution in [0.15, 0.2) is 90.2 Å². The second-order valence-corrected chi connectivity index (χ2v) is 13.6. The predicted octanol–water partition coefficient (Wildman–Crippen LogP) is 9.21. The number of alkyl halides is 6. The highest BCUT2D eigenvalue weighted by Crippen LogP contribution is 2.45. The van der Waals surface area contributed by atoms with Crippen LogP contribution in [0.2, 0.25) is 0 Å². The van der Waals surface area contributed by atoms with Crippen LogP contribution in [0.1, 0.15) is 30.5 Å². The van der Waals surface area contributed by atoms with E-state index in [9.17, 15) is 36.6 Å². The zero-order valence-corrected chi connectivity index (χ0v) is 28.5. The van der Waals surface area contributed by atoms with Gasteiger partial charge < -0.3 is 20.3 Å². The van der Waals surface area contributed by atoms with E-state index in [0.717, 1.165) is 32.8 Å². The van der Waals surface area contributed by atoms with E-state index in [2.05, 4.69) is 25.1 Å². The summed E-state index contributed by atoms with van der Waals surface area (Å²) < 4.78 is 84.2. The molecule has 0 spiro atoms. The number of aromatic nitrogens is 4. The van der Waals surface area contributed by atoms with E-state index < -0.39 is 30.1 Å². The number of pyridine rings is 2. The van der Waals surface area contributed by atoms with E-state index in [0.29, 0.717) is 38.1 Å². The van der Waals surface area contributed by atoms with E-state index in [4.69, 9.17) is 0 Å². The van der Waals surface area contributed by atoms with Crippen molar-refractivity contribution < 1.29 is 36.6 Å². The fraction of sp³-hybridized carbons (Fsp3) is 0.250. The maximum absolute atomic E-state index is 13.4. The number of hydrogen-bond donors (Lipinski definition) is 4. The van der Waals surface area contributed by atoms with Crippen LogP contribution in [0.3, 0.4) is 0 Å². The molecule has 0 saturated carbocycles. The molecule has 6 aromatic rings. The summed E-state index contributed by atoms with van der Waals surface area (Å²) >= 11 is 1.42. The Morgan fingerprint density at radius 2 is 1.47 bits per heavy atom. The Kier molecular flexibility index (Phi) is 9.19. The summed E-state index contributed by atoms with van der Waals surface area (Å²) in [6.07, 6.45) is -7.53. The highest BCUT2D eigenvalue weighted by atomic mass is 32.2. The van der Waals surface area contributed by atoms with E-state index >= 15 is 0 Å². The number of fused-ring (bicyclic) bond motifs is 2. The van der Waals surface area contributed by atoms with Gasteiger partial charge in [-0.1, -0.05) is 12.1 Å². The molecule has 0 aliphatic rings. The molecule has 6 rings (SSSR count). The van der Waals surface area contributed by atoms with Crippen molar-refractivity contribution >= 4 is 50.8 Å². The molecule has 0 radical (unpaired) electrons. The lowest BCUT2D eigenvalue weighted by Gasteiger charge is -2.32. The summed E-state index contributed by atoms with van der Waals surface area (Å²) in [7, 11) is 0. The molecule has 0 aliphatic carbocycles. The van der Waals surface area contributed by atoms with Crippen LogP contribution in [0, 0.1) is 13.8 Å². The number of benzene rings is 3. The Bertz CT molecular complexity index is 2220. The maximum atomic E-state index is 13.4. The molecule has 3 aromatic carbocycles. The second-order valence-electron chi connectivity index (χ2n) is 12.7. The highest BCUT2D eigenvalue weighted by Gasteiger charge is 2.70. The first-order valence-corrected chi connectivity index (χ1v) is 16.4. The molecule has 4 N–H and O–H groups in total. The van der Waals surface area contributed by atoms with Gasteiger partial charge in [0.2, 0.25) is 0 Å². The van der Waals surface area contributed by atoms with Gasteiger partial charge in [0.25, 0.3) is 5.60 Å². The zero-order chi connectivity index (χ0) is 36.9. The number of aryl methyl sites for hydroxylation is 2. The normalized spacial score (nSPS) is 12.9. The summed E-state index contributed by atoms with van der Waals surface area (Å²) in [5, 5.41) is 29.0. The SMILES string of the molecule is Cc1ccc(NSc2ccc(Nc3cc4c(-c5ccc6c(cnn6CC(O)(C(F)(F)F)C(F)(F)F)c5C)nccc4cn3)cc2)cc1C(C)(C)O. The van der Waals surface area contributed by atoms with Gasteiger partial charge in [-0.25, -0.2) is 4.98 Å². The number of halogens is 6. The lowest BCUT2D eigenvalue weighted by Crippen LogP contribution is -2.59. The first kappa shape index (κ1) is 35.9. The summed E-state index contributed by atoms with van der Waals surface area (Å²) in [5.74, 6) is 0.513. The molecule has 0 atom stereocenters. The van der Waals surface area contributed by atoms with E-state index in [1.54, 1.807) is 51.4 Å². The fourth-order valence-electron chi connectivity index (χ4n) is 5.80. The Morgan fingerprint density at radius 1 is 0.784 bits per heavy atom. The smallest absolute Gasteiger partial charge is 0.386 e. The third kappa shape index (κ3) is 7.05. The van der Waals surface area contributed by atoms with Gasteiger partial charge in [-0.2, -0.15) is 31.4 Å². The van der Waals surface area contributed by atoms with E-state index in [1.165, 1.54) is 24.2 Å². The van der Waals surface area contributed by atoms with Gasteiger partial charge in [-0.15, -0.1) is 0 Å². The largest absolute Gasteiger partial charge is 0.428 e. The Labute approximate surface area is 292 Å². The third-order valence-electron chi connectivity index (χ3n) is 8.63. The minimum atomic E-state index is -5.98. The van der Waals surface area contributed by atoms with Crippen LogP contribution in [-0.4, -0.2) is 47.9 Å². The van der Waals surface area contributed by atoms with Crippen molar-refractivity contribution in [3.63, 3.8) is 0 Å². The summed E-state index contributed by atoms with van der Waals surface area (Å²) in [4.78, 5) is 10.0. The van der Waals surface area contributed by atoms with Crippen LogP contribution in [-0.2, 0) is 12.1 Å². The molecular weight excluding hydrogens is 694 g/mol. The quantitative estimate of drug-likeness (QED) is 0.0863. The molecule has 0 fully saturated rings. The van der Waals surface area contributed by atoms with Crippen molar-refractivity contribution in [2.75, 3.05) is 10.0 Å². The first-order valence-electron chi connectivity index (χ1n) is 15.6. The summed E-state index contributed by atoms with van der Waals surface area (Å²) in [6, 6.07) is 20.0. The molecule has 3 aromatic heterocycles. The second kappa shape index (κ2) is 13.0. The number of nitrogens with one attached hydrogen (secondary N) is 2. The number of anilines is 3. The van der Waals surface area contributed by atoms with Gasteiger partial charge in [0.1, 0.15) is 5.82 Å². The average molecular weight is 727 g/mol. The van der Waals surface area contributed by atoms with Crippen molar-refractivity contribution in [2.45, 2.75) is 62.7 Å². The maximum Gasteiger partial charge on any atom is 0.428 e. The Balaban J connectivity index is 1.23. The van der Waals surface area contributed by atoms with Crippen molar-refractivity contribution in [3.05, 3.63) is 102 Å². The van der Waals surface area contributed by atoms with Crippen LogP contribution in [0.5, 0.6) is 0 Å². The summed E-state index contributed by atoms with van der Waals surface area (Å²) in [6.45, 7) is 5.26. The first-order chi connectivity index (χ1) is 23.9. The number of rotatable bonds is 9. The van der Waals surface area contributed by atoms with Gasteiger partial charge in [0, 0.05) is 50.4 Å². The molecule has 266 valence electrons. The van der Waals surface area contributed by atoms with Gasteiger partial charge >= 0.3 is 12.4 Å². The minimum absolute atomic E-state index is 0.0121. The molecule has 0 amide bonds. The molecule has 0 saturated heterocycles. The van der Waals surface area contributed by atoms with Gasteiger partial charge in [0.05, 0.1) is 29.6 Å². The predicted molar refractivity (Wildman–Crippen MR) is 186 cm³/mol. The molecule has 0 aliphatic heterocycles. The van der Waals surface area contributed by atoms with Crippen molar-refractivity contribution in [2.24, 2.45) is 0 Å². The average Bonchev–Trinajstić information content (AvgIpc) is 3.46. The number of aliphatic hydroxyl groups is 2. The van der Waals surface area contributed by atoms with Crippen molar-refractivity contribution in [1.82, 2.24) is 19.7 Å². The fourth-order valence-corrected chi connectivity index (χ4v) is 6.43. The lowest BCUT2D eigenvalue weighted by molar-refractivity contribution is -0.372. The molecule has 0 unspecified atom stereocenters. The van der Waals surface area contributed by atoms with Crippen LogP contribution in [0.4, 0.5) is 43.5 Å². The van der Waals surface area contributed by atoms with E-state index in [1.807, 2.05) is 49.4 Å². The third-order valence-corrected chi connectivity index (χ3v) is 9.47. The van der Waals surface area contributed by atoms with Crippen LogP contribution in [0.25, 0.3) is 32.9 Å². The summed E-state index contributed by atoms with van der Waals surface area (Å²) in [5.41, 5.74) is -0.882.